The number of hydrogen-bond acceptors (Lipinski definition) is 3. The summed E-state index contributed by atoms with van der Waals surface area (Å²) in [5, 5.41) is 4.73. The molecule has 3 rings (SSSR count). The third-order valence-electron chi connectivity index (χ3n) is 6.11. The zero-order valence-corrected chi connectivity index (χ0v) is 20.2. The highest BCUT2D eigenvalue weighted by molar-refractivity contribution is 7.90. The van der Waals surface area contributed by atoms with Gasteiger partial charge in [-0.2, -0.15) is 0 Å². The minimum atomic E-state index is -0.930. The van der Waals surface area contributed by atoms with Crippen LogP contribution >= 0.6 is 23.2 Å². The van der Waals surface area contributed by atoms with E-state index in [1.165, 1.54) is 11.1 Å². The van der Waals surface area contributed by atoms with E-state index in [1.807, 2.05) is 24.3 Å². The molecule has 2 aromatic carbocycles. The number of nitrogens with one attached hydrogen (secondary N) is 1. The first-order valence-electron chi connectivity index (χ1n) is 10.8. The van der Waals surface area contributed by atoms with Gasteiger partial charge in [0.05, 0.1) is 10.0 Å². The lowest BCUT2D eigenvalue weighted by atomic mass is 9.89. The van der Waals surface area contributed by atoms with Crippen LogP contribution in [-0.4, -0.2) is 48.4 Å². The van der Waals surface area contributed by atoms with Crippen LogP contribution in [0.25, 0.3) is 0 Å². The number of benzene rings is 2. The third kappa shape index (κ3) is 6.38. The number of likely N-dealkylation sites (N-methyl/N-ethyl adjacent to an activating group) is 1. The Morgan fingerprint density at radius 3 is 2.53 bits per heavy atom. The number of hydrogen-bond donors (Lipinski definition) is 1. The number of rotatable bonds is 9. The van der Waals surface area contributed by atoms with E-state index in [0.29, 0.717) is 21.9 Å². The molecule has 0 aliphatic carbocycles. The average Bonchev–Trinajstić information content (AvgIpc) is 2.76. The van der Waals surface area contributed by atoms with Crippen molar-refractivity contribution in [3.05, 3.63) is 63.6 Å². The molecule has 6 heteroatoms. The van der Waals surface area contributed by atoms with E-state index < -0.39 is 11.2 Å². The van der Waals surface area contributed by atoms with Crippen molar-refractivity contribution in [2.75, 3.05) is 39.0 Å². The SMILES string of the molecule is CCNC[C@@H](CCN1CCC(c2ccccc2[S@+](C)[O-])CC1)c1ccc(Cl)c(Cl)c1. The molecule has 1 N–H and O–H groups in total. The van der Waals surface area contributed by atoms with Gasteiger partial charge in [0.1, 0.15) is 6.26 Å². The Hall–Kier alpha value is -0.750. The molecule has 0 radical (unpaired) electrons. The lowest BCUT2D eigenvalue weighted by molar-refractivity contribution is 0.204. The second-order valence-corrected chi connectivity index (χ2v) is 10.2. The molecule has 0 unspecified atom stereocenters. The summed E-state index contributed by atoms with van der Waals surface area (Å²) in [6.45, 7) is 7.29. The topological polar surface area (TPSA) is 38.3 Å². The van der Waals surface area contributed by atoms with Gasteiger partial charge in [-0.25, -0.2) is 0 Å². The van der Waals surface area contributed by atoms with Gasteiger partial charge in [-0.05, 0) is 92.2 Å². The fourth-order valence-electron chi connectivity index (χ4n) is 4.36. The van der Waals surface area contributed by atoms with Gasteiger partial charge in [0, 0.05) is 12.1 Å². The van der Waals surface area contributed by atoms with Gasteiger partial charge >= 0.3 is 0 Å². The van der Waals surface area contributed by atoms with Crippen molar-refractivity contribution in [2.45, 2.75) is 42.9 Å². The average molecular weight is 468 g/mol. The van der Waals surface area contributed by atoms with Crippen molar-refractivity contribution in [2.24, 2.45) is 0 Å². The fraction of sp³-hybridized carbons (Fsp3) is 0.500. The van der Waals surface area contributed by atoms with Crippen LogP contribution in [0.5, 0.6) is 0 Å². The Kier molecular flexibility index (Phi) is 9.36. The van der Waals surface area contributed by atoms with Gasteiger partial charge in [0.15, 0.2) is 4.90 Å². The molecule has 1 saturated heterocycles. The van der Waals surface area contributed by atoms with E-state index in [2.05, 4.69) is 35.3 Å². The van der Waals surface area contributed by atoms with Gasteiger partial charge in [-0.1, -0.05) is 54.4 Å². The maximum atomic E-state index is 12.1. The van der Waals surface area contributed by atoms with Crippen molar-refractivity contribution >= 4 is 34.4 Å². The molecule has 30 heavy (non-hydrogen) atoms. The normalized spacial score (nSPS) is 17.8. The van der Waals surface area contributed by atoms with Crippen molar-refractivity contribution < 1.29 is 4.55 Å². The lowest BCUT2D eigenvalue weighted by Crippen LogP contribution is -2.35. The summed E-state index contributed by atoms with van der Waals surface area (Å²) < 4.78 is 12.1. The molecule has 0 spiro atoms. The standard InChI is InChI=1S/C24H32Cl2N2OS/c1-3-27-17-20(19-8-9-22(25)23(26)16-19)12-15-28-13-10-18(11-14-28)21-6-4-5-7-24(21)30(2)29/h4-9,16,18,20,27H,3,10-15,17H2,1-2H3/t20-,30+/m1/s1. The van der Waals surface area contributed by atoms with Crippen LogP contribution < -0.4 is 5.32 Å². The summed E-state index contributed by atoms with van der Waals surface area (Å²) in [4.78, 5) is 3.57. The maximum Gasteiger partial charge on any atom is 0.155 e. The summed E-state index contributed by atoms with van der Waals surface area (Å²) >= 11 is 11.4. The van der Waals surface area contributed by atoms with Gasteiger partial charge < -0.3 is 14.8 Å². The Morgan fingerprint density at radius 2 is 1.87 bits per heavy atom. The first-order chi connectivity index (χ1) is 14.5. The first kappa shape index (κ1) is 23.9. The number of likely N-dealkylation sites (tertiary alicyclic amines) is 1. The molecule has 2 aromatic rings. The fourth-order valence-corrected chi connectivity index (χ4v) is 5.50. The van der Waals surface area contributed by atoms with Crippen LogP contribution in [0.15, 0.2) is 47.4 Å². The van der Waals surface area contributed by atoms with Gasteiger partial charge in [-0.15, -0.1) is 0 Å². The molecule has 1 heterocycles. The summed E-state index contributed by atoms with van der Waals surface area (Å²) in [7, 11) is 0. The van der Waals surface area contributed by atoms with Crippen LogP contribution in [0.1, 0.15) is 49.1 Å². The van der Waals surface area contributed by atoms with Gasteiger partial charge in [0.25, 0.3) is 0 Å². The van der Waals surface area contributed by atoms with E-state index in [9.17, 15) is 4.55 Å². The summed E-state index contributed by atoms with van der Waals surface area (Å²) in [6, 6.07) is 14.3. The lowest BCUT2D eigenvalue weighted by Gasteiger charge is -2.33. The van der Waals surface area contributed by atoms with Crippen LogP contribution in [0.4, 0.5) is 0 Å². The second kappa shape index (κ2) is 11.8. The highest BCUT2D eigenvalue weighted by Crippen LogP contribution is 2.33. The molecule has 2 atom stereocenters. The summed E-state index contributed by atoms with van der Waals surface area (Å²) in [5.74, 6) is 0.926. The molecule has 0 amide bonds. The van der Waals surface area contributed by atoms with E-state index in [-0.39, 0.29) is 0 Å². The maximum absolute atomic E-state index is 12.1. The Labute approximate surface area is 194 Å². The molecular weight excluding hydrogens is 435 g/mol. The van der Waals surface area contributed by atoms with Crippen LogP contribution in [-0.2, 0) is 11.2 Å². The number of piperidine rings is 1. The first-order valence-corrected chi connectivity index (χ1v) is 13.1. The smallest absolute Gasteiger partial charge is 0.155 e. The van der Waals surface area contributed by atoms with Crippen molar-refractivity contribution in [1.29, 1.82) is 0 Å². The predicted octanol–water partition coefficient (Wildman–Crippen LogP) is 5.69. The van der Waals surface area contributed by atoms with E-state index in [0.717, 1.165) is 56.9 Å². The Morgan fingerprint density at radius 1 is 1.13 bits per heavy atom. The van der Waals surface area contributed by atoms with Gasteiger partial charge in [0.2, 0.25) is 0 Å². The molecule has 3 nitrogen and oxygen atoms in total. The Balaban J connectivity index is 1.57. The third-order valence-corrected chi connectivity index (χ3v) is 7.84. The molecule has 0 bridgehead atoms. The minimum Gasteiger partial charge on any atom is -0.612 e. The second-order valence-electron chi connectivity index (χ2n) is 8.07. The van der Waals surface area contributed by atoms with Crippen LogP contribution in [0.3, 0.4) is 0 Å². The summed E-state index contributed by atoms with van der Waals surface area (Å²) in [5.41, 5.74) is 2.53. The number of nitrogens with zero attached hydrogens (tertiary/aromatic N) is 1. The molecular formula is C24H32Cl2N2OS. The van der Waals surface area contributed by atoms with E-state index >= 15 is 0 Å². The summed E-state index contributed by atoms with van der Waals surface area (Å²) in [6.07, 6.45) is 5.12. The monoisotopic (exact) mass is 466 g/mol. The molecule has 1 aliphatic rings. The highest BCUT2D eigenvalue weighted by atomic mass is 35.5. The Bertz CT molecular complexity index is 810. The molecule has 0 aromatic heterocycles. The number of halogens is 2. The largest absolute Gasteiger partial charge is 0.612 e. The zero-order chi connectivity index (χ0) is 21.5. The molecule has 1 aliphatic heterocycles. The molecule has 0 saturated carbocycles. The zero-order valence-electron chi connectivity index (χ0n) is 17.9. The van der Waals surface area contributed by atoms with Crippen molar-refractivity contribution in [3.63, 3.8) is 0 Å². The van der Waals surface area contributed by atoms with Crippen LogP contribution in [0.2, 0.25) is 10.0 Å². The van der Waals surface area contributed by atoms with Crippen molar-refractivity contribution in [3.8, 4) is 0 Å². The van der Waals surface area contributed by atoms with Crippen molar-refractivity contribution in [1.82, 2.24) is 10.2 Å². The van der Waals surface area contributed by atoms with Gasteiger partial charge in [-0.3, -0.25) is 0 Å². The van der Waals surface area contributed by atoms with Crippen LogP contribution in [0, 0.1) is 0 Å². The quantitative estimate of drug-likeness (QED) is 0.482. The molecule has 164 valence electrons. The highest BCUT2D eigenvalue weighted by Gasteiger charge is 2.25. The predicted molar refractivity (Wildman–Crippen MR) is 130 cm³/mol. The molecule has 1 fully saturated rings. The minimum absolute atomic E-state index is 0.417. The van der Waals surface area contributed by atoms with E-state index in [1.54, 1.807) is 6.26 Å². The van der Waals surface area contributed by atoms with E-state index in [4.69, 9.17) is 23.2 Å².